The summed E-state index contributed by atoms with van der Waals surface area (Å²) in [5.74, 6) is 0. The van der Waals surface area contributed by atoms with Gasteiger partial charge in [-0.3, -0.25) is 0 Å². The number of rotatable bonds is 6. The van der Waals surface area contributed by atoms with Gasteiger partial charge in [0.25, 0.3) is 10.0 Å². The number of halogens is 1. The average molecular weight is 395 g/mol. The second-order valence-corrected chi connectivity index (χ2v) is 9.60. The van der Waals surface area contributed by atoms with Crippen LogP contribution in [0.5, 0.6) is 0 Å². The van der Waals surface area contributed by atoms with Crippen molar-refractivity contribution in [2.45, 2.75) is 17.2 Å². The zero-order valence-electron chi connectivity index (χ0n) is 10.9. The largest absolute Gasteiger partial charge is 0.330 e. The lowest BCUT2D eigenvalue weighted by Crippen LogP contribution is -2.25. The molecule has 8 heteroatoms. The van der Waals surface area contributed by atoms with Gasteiger partial charge in [0, 0.05) is 33.2 Å². The summed E-state index contributed by atoms with van der Waals surface area (Å²) >= 11 is 6.20. The molecule has 2 N–H and O–H groups in total. The number of sulfonamides is 1. The molecule has 0 aliphatic heterocycles. The molecule has 110 valence electrons. The first-order valence-corrected chi connectivity index (χ1v) is 9.84. The fourth-order valence-electron chi connectivity index (χ4n) is 1.67. The predicted octanol–water partition coefficient (Wildman–Crippen LogP) is 2.89. The van der Waals surface area contributed by atoms with Crippen LogP contribution in [0.4, 0.5) is 0 Å². The van der Waals surface area contributed by atoms with Crippen molar-refractivity contribution in [2.75, 3.05) is 13.6 Å². The van der Waals surface area contributed by atoms with Crippen molar-refractivity contribution in [3.63, 3.8) is 0 Å². The number of thiophene rings is 2. The van der Waals surface area contributed by atoms with E-state index in [2.05, 4.69) is 15.9 Å². The van der Waals surface area contributed by atoms with Gasteiger partial charge in [-0.1, -0.05) is 0 Å². The highest BCUT2D eigenvalue weighted by molar-refractivity contribution is 9.10. The van der Waals surface area contributed by atoms with Gasteiger partial charge in [-0.25, -0.2) is 8.42 Å². The fourth-order valence-corrected chi connectivity index (χ4v) is 5.98. The topological polar surface area (TPSA) is 63.4 Å². The third kappa shape index (κ3) is 3.69. The zero-order chi connectivity index (χ0) is 14.8. The summed E-state index contributed by atoms with van der Waals surface area (Å²) in [6, 6.07) is 5.43. The van der Waals surface area contributed by atoms with E-state index < -0.39 is 10.0 Å². The summed E-state index contributed by atoms with van der Waals surface area (Å²) in [4.78, 5) is 2.00. The molecule has 0 atom stereocenters. The Kier molecular flexibility index (Phi) is 5.38. The molecule has 0 fully saturated rings. The summed E-state index contributed by atoms with van der Waals surface area (Å²) in [5.41, 5.74) is 5.49. The van der Waals surface area contributed by atoms with E-state index in [1.807, 2.05) is 17.5 Å². The number of nitrogens with zero attached hydrogens (tertiary/aromatic N) is 1. The molecule has 20 heavy (non-hydrogen) atoms. The van der Waals surface area contributed by atoms with Crippen molar-refractivity contribution < 1.29 is 8.42 Å². The number of hydrogen-bond donors (Lipinski definition) is 1. The zero-order valence-corrected chi connectivity index (χ0v) is 14.9. The van der Waals surface area contributed by atoms with E-state index >= 15 is 0 Å². The molecule has 0 bridgehead atoms. The van der Waals surface area contributed by atoms with E-state index in [1.54, 1.807) is 13.1 Å². The van der Waals surface area contributed by atoms with Crippen LogP contribution in [0.3, 0.4) is 0 Å². The molecule has 2 rings (SSSR count). The molecule has 0 aliphatic rings. The Bertz CT molecular complexity index is 678. The van der Waals surface area contributed by atoms with E-state index in [-0.39, 0.29) is 0 Å². The predicted molar refractivity (Wildman–Crippen MR) is 87.7 cm³/mol. The van der Waals surface area contributed by atoms with Gasteiger partial charge in [-0.15, -0.1) is 22.7 Å². The molecule has 2 aromatic heterocycles. The average Bonchev–Trinajstić information content (AvgIpc) is 2.99. The minimum absolute atomic E-state index is 0.374. The van der Waals surface area contributed by atoms with Crippen LogP contribution in [0, 0.1) is 0 Å². The van der Waals surface area contributed by atoms with E-state index in [0.717, 1.165) is 14.2 Å². The van der Waals surface area contributed by atoms with Crippen molar-refractivity contribution >= 4 is 48.6 Å². The van der Waals surface area contributed by atoms with Crippen molar-refractivity contribution in [2.24, 2.45) is 5.73 Å². The van der Waals surface area contributed by atoms with Gasteiger partial charge in [0.15, 0.2) is 0 Å². The summed E-state index contributed by atoms with van der Waals surface area (Å²) in [6.45, 7) is 0.905. The third-order valence-corrected chi connectivity index (χ3v) is 7.79. The Labute approximate surface area is 135 Å². The van der Waals surface area contributed by atoms with Crippen LogP contribution in [-0.4, -0.2) is 26.3 Å². The van der Waals surface area contributed by atoms with Crippen LogP contribution in [0.2, 0.25) is 0 Å². The molecule has 0 saturated heterocycles. The first-order chi connectivity index (χ1) is 9.43. The Morgan fingerprint density at radius 2 is 2.10 bits per heavy atom. The molecule has 0 spiro atoms. The molecule has 2 heterocycles. The maximum Gasteiger partial charge on any atom is 0.252 e. The second kappa shape index (κ2) is 6.67. The number of hydrogen-bond acceptors (Lipinski definition) is 5. The van der Waals surface area contributed by atoms with E-state index in [1.165, 1.54) is 27.0 Å². The van der Waals surface area contributed by atoms with Crippen molar-refractivity contribution in [3.05, 3.63) is 37.8 Å². The van der Waals surface area contributed by atoms with Gasteiger partial charge < -0.3 is 5.73 Å². The summed E-state index contributed by atoms with van der Waals surface area (Å²) in [7, 11) is -1.82. The van der Waals surface area contributed by atoms with Gasteiger partial charge in [0.05, 0.1) is 0 Å². The van der Waals surface area contributed by atoms with Gasteiger partial charge in [0.1, 0.15) is 4.21 Å². The summed E-state index contributed by atoms with van der Waals surface area (Å²) in [5, 5.41) is 1.94. The standard InChI is InChI=1S/C12H15BrN2O2S3/c1-15(7-11-6-9(13)8-18-11)20(16,17)12-3-2-10(19-12)4-5-14/h2-3,6,8H,4-5,7,14H2,1H3. The normalized spacial score (nSPS) is 12.2. The Hall–Kier alpha value is -0.250. The molecule has 2 aromatic rings. The van der Waals surface area contributed by atoms with Crippen molar-refractivity contribution in [1.29, 1.82) is 0 Å². The Morgan fingerprint density at radius 1 is 1.35 bits per heavy atom. The Balaban J connectivity index is 2.15. The summed E-state index contributed by atoms with van der Waals surface area (Å²) < 4.78 is 27.6. The summed E-state index contributed by atoms with van der Waals surface area (Å²) in [6.07, 6.45) is 0.710. The van der Waals surface area contributed by atoms with Gasteiger partial charge >= 0.3 is 0 Å². The minimum atomic E-state index is -3.42. The first kappa shape index (κ1) is 16.1. The molecule has 0 aliphatic carbocycles. The van der Waals surface area contributed by atoms with E-state index in [4.69, 9.17) is 5.73 Å². The van der Waals surface area contributed by atoms with Gasteiger partial charge in [-0.2, -0.15) is 4.31 Å². The molecule has 0 aromatic carbocycles. The highest BCUT2D eigenvalue weighted by Crippen LogP contribution is 2.27. The van der Waals surface area contributed by atoms with E-state index in [9.17, 15) is 8.42 Å². The molecule has 0 saturated carbocycles. The van der Waals surface area contributed by atoms with Crippen LogP contribution < -0.4 is 5.73 Å². The van der Waals surface area contributed by atoms with Crippen molar-refractivity contribution in [1.82, 2.24) is 4.31 Å². The fraction of sp³-hybridized carbons (Fsp3) is 0.333. The molecule has 4 nitrogen and oxygen atoms in total. The number of nitrogens with two attached hydrogens (primary N) is 1. The molecule has 0 amide bonds. The van der Waals surface area contributed by atoms with Gasteiger partial charge in [-0.05, 0) is 47.1 Å². The van der Waals surface area contributed by atoms with E-state index in [0.29, 0.717) is 23.7 Å². The smallest absolute Gasteiger partial charge is 0.252 e. The van der Waals surface area contributed by atoms with Crippen LogP contribution in [0.15, 0.2) is 32.3 Å². The third-order valence-electron chi connectivity index (χ3n) is 2.69. The van der Waals surface area contributed by atoms with Crippen LogP contribution in [-0.2, 0) is 23.0 Å². The maximum atomic E-state index is 12.5. The monoisotopic (exact) mass is 394 g/mol. The minimum Gasteiger partial charge on any atom is -0.330 e. The molecule has 0 radical (unpaired) electrons. The second-order valence-electron chi connectivity index (χ2n) is 4.25. The lowest BCUT2D eigenvalue weighted by Gasteiger charge is -2.14. The lowest BCUT2D eigenvalue weighted by molar-refractivity contribution is 0.471. The lowest BCUT2D eigenvalue weighted by atomic mass is 10.3. The molecule has 0 unspecified atom stereocenters. The first-order valence-electron chi connectivity index (χ1n) is 5.91. The quantitative estimate of drug-likeness (QED) is 0.818. The van der Waals surface area contributed by atoms with Gasteiger partial charge in [0.2, 0.25) is 0 Å². The van der Waals surface area contributed by atoms with Crippen molar-refractivity contribution in [3.8, 4) is 0 Å². The SMILES string of the molecule is CN(Cc1cc(Br)cs1)S(=O)(=O)c1ccc(CCN)s1. The van der Waals surface area contributed by atoms with Crippen LogP contribution in [0.1, 0.15) is 9.75 Å². The molecular formula is C12H15BrN2O2S3. The van der Waals surface area contributed by atoms with Crippen LogP contribution in [0.25, 0.3) is 0 Å². The molecular weight excluding hydrogens is 380 g/mol. The Morgan fingerprint density at radius 3 is 2.70 bits per heavy atom. The van der Waals surface area contributed by atoms with Crippen LogP contribution >= 0.6 is 38.6 Å². The maximum absolute atomic E-state index is 12.5. The highest BCUT2D eigenvalue weighted by atomic mass is 79.9. The highest BCUT2D eigenvalue weighted by Gasteiger charge is 2.23.